The molecule has 0 saturated carbocycles. The van der Waals surface area contributed by atoms with Gasteiger partial charge in [0, 0.05) is 7.05 Å². The average Bonchev–Trinajstić information content (AvgIpc) is 2.13. The summed E-state index contributed by atoms with van der Waals surface area (Å²) >= 11 is 0. The molecule has 1 aromatic heterocycles. The number of hydrogen-bond donors (Lipinski definition) is 0. The lowest BCUT2D eigenvalue weighted by molar-refractivity contribution is 0.648. The van der Waals surface area contributed by atoms with Crippen LogP contribution in [0.2, 0.25) is 0 Å². The summed E-state index contributed by atoms with van der Waals surface area (Å²) in [6, 6.07) is 0. The van der Waals surface area contributed by atoms with Crippen LogP contribution >= 0.6 is 0 Å². The average molecular weight is 125 g/mol. The van der Waals surface area contributed by atoms with Crippen molar-refractivity contribution in [2.24, 2.45) is 7.05 Å². The summed E-state index contributed by atoms with van der Waals surface area (Å²) in [5, 5.41) is 7.56. The maximum atomic E-state index is 3.80. The monoisotopic (exact) mass is 125 g/mol. The third kappa shape index (κ3) is 1.09. The van der Waals surface area contributed by atoms with Gasteiger partial charge in [-0.05, 0) is 5.92 Å². The Morgan fingerprint density at radius 2 is 2.22 bits per heavy atom. The molecule has 0 aliphatic rings. The van der Waals surface area contributed by atoms with Crippen molar-refractivity contribution in [3.63, 3.8) is 0 Å². The Balaban J connectivity index is 2.94. The van der Waals surface area contributed by atoms with Gasteiger partial charge in [-0.15, -0.1) is 5.10 Å². The molecule has 0 N–H and O–H groups in total. The first kappa shape index (κ1) is 6.26. The minimum Gasteiger partial charge on any atom is -0.252 e. The lowest BCUT2D eigenvalue weighted by Crippen LogP contribution is -1.99. The van der Waals surface area contributed by atoms with Gasteiger partial charge in [0.05, 0.1) is 11.9 Å². The van der Waals surface area contributed by atoms with Crippen LogP contribution in [0.25, 0.3) is 0 Å². The maximum absolute atomic E-state index is 3.80. The number of rotatable bonds is 1. The molecule has 0 spiro atoms. The quantitative estimate of drug-likeness (QED) is 0.559. The molecule has 0 atom stereocenters. The Morgan fingerprint density at radius 1 is 1.56 bits per heavy atom. The molecular formula is C6H11N3. The molecule has 0 saturated heterocycles. The zero-order valence-electron chi connectivity index (χ0n) is 6.00. The smallest absolute Gasteiger partial charge is 0.0727 e. The first-order chi connectivity index (χ1) is 4.22. The summed E-state index contributed by atoms with van der Waals surface area (Å²) in [4.78, 5) is 0. The zero-order chi connectivity index (χ0) is 6.85. The van der Waals surface area contributed by atoms with Crippen molar-refractivity contribution in [2.45, 2.75) is 19.8 Å². The topological polar surface area (TPSA) is 30.7 Å². The highest BCUT2D eigenvalue weighted by Gasteiger charge is 2.02. The molecular weight excluding hydrogens is 114 g/mol. The van der Waals surface area contributed by atoms with E-state index in [9.17, 15) is 0 Å². The lowest BCUT2D eigenvalue weighted by Gasteiger charge is -2.01. The summed E-state index contributed by atoms with van der Waals surface area (Å²) in [6.07, 6.45) is 1.80. The van der Waals surface area contributed by atoms with Crippen molar-refractivity contribution in [3.05, 3.63) is 11.9 Å². The fraction of sp³-hybridized carbons (Fsp3) is 0.667. The third-order valence-corrected chi connectivity index (χ3v) is 1.34. The minimum atomic E-state index is 0.519. The molecule has 0 aliphatic carbocycles. The van der Waals surface area contributed by atoms with Crippen molar-refractivity contribution >= 4 is 0 Å². The van der Waals surface area contributed by atoms with Crippen LogP contribution in [0.15, 0.2) is 6.20 Å². The number of nitrogens with zero attached hydrogens (tertiary/aromatic N) is 3. The van der Waals surface area contributed by atoms with E-state index in [4.69, 9.17) is 0 Å². The normalized spacial score (nSPS) is 10.7. The van der Waals surface area contributed by atoms with Gasteiger partial charge in [-0.1, -0.05) is 19.1 Å². The van der Waals surface area contributed by atoms with E-state index in [0.29, 0.717) is 5.92 Å². The van der Waals surface area contributed by atoms with Gasteiger partial charge in [0.2, 0.25) is 0 Å². The highest BCUT2D eigenvalue weighted by atomic mass is 15.4. The standard InChI is InChI=1S/C6H11N3/c1-5(2)6-4-7-8-9(6)3/h4-5H,1-3H3. The summed E-state index contributed by atoms with van der Waals surface area (Å²) in [6.45, 7) is 4.25. The van der Waals surface area contributed by atoms with E-state index >= 15 is 0 Å². The van der Waals surface area contributed by atoms with Crippen LogP contribution in [0, 0.1) is 0 Å². The lowest BCUT2D eigenvalue weighted by atomic mass is 10.1. The molecule has 0 radical (unpaired) electrons. The van der Waals surface area contributed by atoms with E-state index in [-0.39, 0.29) is 0 Å². The fourth-order valence-electron chi connectivity index (χ4n) is 0.820. The van der Waals surface area contributed by atoms with Gasteiger partial charge in [-0.3, -0.25) is 4.68 Å². The van der Waals surface area contributed by atoms with E-state index in [0.717, 1.165) is 0 Å². The highest BCUT2D eigenvalue weighted by Crippen LogP contribution is 2.09. The molecule has 0 unspecified atom stereocenters. The van der Waals surface area contributed by atoms with E-state index in [1.807, 2.05) is 7.05 Å². The molecule has 0 amide bonds. The first-order valence-corrected chi connectivity index (χ1v) is 3.06. The second kappa shape index (κ2) is 2.17. The van der Waals surface area contributed by atoms with Crippen LogP contribution in [0.4, 0.5) is 0 Å². The van der Waals surface area contributed by atoms with Gasteiger partial charge in [0.1, 0.15) is 0 Å². The van der Waals surface area contributed by atoms with Crippen molar-refractivity contribution in [3.8, 4) is 0 Å². The van der Waals surface area contributed by atoms with Crippen LogP contribution in [-0.4, -0.2) is 15.0 Å². The predicted octanol–water partition coefficient (Wildman–Crippen LogP) is 0.939. The Labute approximate surface area is 54.7 Å². The number of aromatic nitrogens is 3. The Bertz CT molecular complexity index is 190. The van der Waals surface area contributed by atoms with E-state index in [2.05, 4.69) is 24.2 Å². The van der Waals surface area contributed by atoms with Gasteiger partial charge in [-0.2, -0.15) is 0 Å². The maximum Gasteiger partial charge on any atom is 0.0727 e. The van der Waals surface area contributed by atoms with Crippen molar-refractivity contribution in [1.29, 1.82) is 0 Å². The Hall–Kier alpha value is -0.860. The number of hydrogen-bond acceptors (Lipinski definition) is 2. The number of aryl methyl sites for hydroxylation is 1. The van der Waals surface area contributed by atoms with Crippen LogP contribution < -0.4 is 0 Å². The molecule has 0 aliphatic heterocycles. The SMILES string of the molecule is CC(C)c1cnnn1C. The summed E-state index contributed by atoms with van der Waals surface area (Å²) < 4.78 is 1.80. The molecule has 1 aromatic rings. The zero-order valence-corrected chi connectivity index (χ0v) is 6.00. The molecule has 1 heterocycles. The van der Waals surface area contributed by atoms with Crippen LogP contribution in [0.1, 0.15) is 25.5 Å². The largest absolute Gasteiger partial charge is 0.252 e. The first-order valence-electron chi connectivity index (χ1n) is 3.06. The van der Waals surface area contributed by atoms with Crippen LogP contribution in [0.3, 0.4) is 0 Å². The molecule has 0 aromatic carbocycles. The third-order valence-electron chi connectivity index (χ3n) is 1.34. The molecule has 50 valence electrons. The molecule has 0 fully saturated rings. The second-order valence-corrected chi connectivity index (χ2v) is 2.44. The van der Waals surface area contributed by atoms with Gasteiger partial charge >= 0.3 is 0 Å². The Morgan fingerprint density at radius 3 is 2.44 bits per heavy atom. The highest BCUT2D eigenvalue weighted by molar-refractivity contribution is 4.98. The summed E-state index contributed by atoms with van der Waals surface area (Å²) in [5.41, 5.74) is 1.18. The van der Waals surface area contributed by atoms with Crippen molar-refractivity contribution < 1.29 is 0 Å². The molecule has 9 heavy (non-hydrogen) atoms. The van der Waals surface area contributed by atoms with Gasteiger partial charge < -0.3 is 0 Å². The minimum absolute atomic E-state index is 0.519. The second-order valence-electron chi connectivity index (χ2n) is 2.44. The molecule has 3 heteroatoms. The predicted molar refractivity (Wildman–Crippen MR) is 35.1 cm³/mol. The van der Waals surface area contributed by atoms with Crippen molar-refractivity contribution in [2.75, 3.05) is 0 Å². The van der Waals surface area contributed by atoms with Crippen molar-refractivity contribution in [1.82, 2.24) is 15.0 Å². The molecule has 3 nitrogen and oxygen atoms in total. The van der Waals surface area contributed by atoms with Gasteiger partial charge in [0.15, 0.2) is 0 Å². The van der Waals surface area contributed by atoms with Gasteiger partial charge in [0.25, 0.3) is 0 Å². The molecule has 1 rings (SSSR count). The van der Waals surface area contributed by atoms with Crippen LogP contribution in [0.5, 0.6) is 0 Å². The molecule has 0 bridgehead atoms. The van der Waals surface area contributed by atoms with E-state index in [1.165, 1.54) is 5.69 Å². The van der Waals surface area contributed by atoms with Crippen LogP contribution in [-0.2, 0) is 7.05 Å². The summed E-state index contributed by atoms with van der Waals surface area (Å²) in [5.74, 6) is 0.519. The van der Waals surface area contributed by atoms with E-state index < -0.39 is 0 Å². The van der Waals surface area contributed by atoms with Gasteiger partial charge in [-0.25, -0.2) is 0 Å². The van der Waals surface area contributed by atoms with E-state index in [1.54, 1.807) is 10.9 Å². The Kier molecular flexibility index (Phi) is 1.51. The fourth-order valence-corrected chi connectivity index (χ4v) is 0.820. The summed E-state index contributed by atoms with van der Waals surface area (Å²) in [7, 11) is 1.91.